The quantitative estimate of drug-likeness (QED) is 0.407. The number of amides is 1. The van der Waals surface area contributed by atoms with Crippen molar-refractivity contribution in [2.24, 2.45) is 0 Å². The van der Waals surface area contributed by atoms with Crippen LogP contribution in [-0.4, -0.2) is 32.7 Å². The van der Waals surface area contributed by atoms with E-state index in [2.05, 4.69) is 10.3 Å². The van der Waals surface area contributed by atoms with Gasteiger partial charge in [0.2, 0.25) is 5.91 Å². The normalized spacial score (nSPS) is 12.5. The van der Waals surface area contributed by atoms with Gasteiger partial charge in [0.1, 0.15) is 17.1 Å². The molecule has 1 N–H and O–H groups in total. The first-order chi connectivity index (χ1) is 15.1. The summed E-state index contributed by atoms with van der Waals surface area (Å²) in [5.74, 6) is 1.11. The molecule has 2 heterocycles. The summed E-state index contributed by atoms with van der Waals surface area (Å²) in [6.45, 7) is 5.74. The maximum absolute atomic E-state index is 12.7. The van der Waals surface area contributed by atoms with E-state index in [1.807, 2.05) is 32.9 Å². The second-order valence-corrected chi connectivity index (χ2v) is 10.6. The van der Waals surface area contributed by atoms with E-state index in [0.717, 1.165) is 39.7 Å². The lowest BCUT2D eigenvalue weighted by molar-refractivity contribution is -0.111. The van der Waals surface area contributed by atoms with Crippen LogP contribution in [0.15, 0.2) is 45.7 Å². The third-order valence-electron chi connectivity index (χ3n) is 5.29. The summed E-state index contributed by atoms with van der Waals surface area (Å²) in [6.07, 6.45) is 2.64. The van der Waals surface area contributed by atoms with E-state index in [1.54, 1.807) is 19.2 Å². The number of allylic oxidation sites excluding steroid dienone is 1. The first kappa shape index (κ1) is 22.0. The van der Waals surface area contributed by atoms with Crippen LogP contribution in [0.1, 0.15) is 23.8 Å². The van der Waals surface area contributed by atoms with E-state index in [0.29, 0.717) is 21.1 Å². The second-order valence-electron chi connectivity index (χ2n) is 7.57. The van der Waals surface area contributed by atoms with Crippen molar-refractivity contribution in [3.05, 3.63) is 53.3 Å². The molecule has 0 aliphatic rings. The summed E-state index contributed by atoms with van der Waals surface area (Å²) in [7, 11) is -1.74. The number of rotatable bonds is 5. The number of thiazole rings is 1. The number of aromatic nitrogens is 1. The molecular weight excluding hydrogens is 448 g/mol. The molecule has 0 atom stereocenters. The highest BCUT2D eigenvalue weighted by atomic mass is 32.2. The Hall–Kier alpha value is -3.17. The molecule has 0 fully saturated rings. The van der Waals surface area contributed by atoms with E-state index in [1.165, 1.54) is 23.5 Å². The lowest BCUT2D eigenvalue weighted by Crippen LogP contribution is -2.08. The van der Waals surface area contributed by atoms with Gasteiger partial charge in [0, 0.05) is 29.3 Å². The monoisotopic (exact) mass is 470 g/mol. The Kier molecular flexibility index (Phi) is 5.56. The van der Waals surface area contributed by atoms with Gasteiger partial charge in [-0.05, 0) is 56.2 Å². The fourth-order valence-corrected chi connectivity index (χ4v) is 5.08. The number of nitrogens with zero attached hydrogens (tertiary/aromatic N) is 1. The van der Waals surface area contributed by atoms with Crippen LogP contribution in [0.2, 0.25) is 0 Å². The molecule has 0 radical (unpaired) electrons. The largest absolute Gasteiger partial charge is 0.496 e. The second kappa shape index (κ2) is 8.07. The molecule has 2 aromatic heterocycles. The SMILES string of the molecule is COc1cc2oc(C)c(C)c2cc1/C(C)=C/C(=O)Nc1nc2ccc(S(C)(=O)=O)cc2s1. The molecular formula is C23H22N2O5S2. The van der Waals surface area contributed by atoms with Crippen molar-refractivity contribution in [2.75, 3.05) is 18.7 Å². The fourth-order valence-electron chi connectivity index (χ4n) is 3.45. The van der Waals surface area contributed by atoms with Gasteiger partial charge in [-0.3, -0.25) is 10.1 Å². The van der Waals surface area contributed by atoms with Crippen LogP contribution in [0.3, 0.4) is 0 Å². The molecule has 9 heteroatoms. The van der Waals surface area contributed by atoms with Crippen molar-refractivity contribution in [3.63, 3.8) is 0 Å². The number of furan rings is 1. The molecule has 0 aliphatic heterocycles. The van der Waals surface area contributed by atoms with Crippen molar-refractivity contribution in [2.45, 2.75) is 25.7 Å². The topological polar surface area (TPSA) is 98.5 Å². The summed E-state index contributed by atoms with van der Waals surface area (Å²) in [5.41, 5.74) is 3.92. The molecule has 32 heavy (non-hydrogen) atoms. The molecule has 2 aromatic carbocycles. The van der Waals surface area contributed by atoms with Gasteiger partial charge >= 0.3 is 0 Å². The predicted octanol–water partition coefficient (Wildman–Crippen LogP) is 5.11. The highest BCUT2D eigenvalue weighted by Crippen LogP contribution is 2.35. The summed E-state index contributed by atoms with van der Waals surface area (Å²) in [5, 5.41) is 4.13. The van der Waals surface area contributed by atoms with E-state index in [-0.39, 0.29) is 10.8 Å². The van der Waals surface area contributed by atoms with Crippen molar-refractivity contribution < 1.29 is 22.4 Å². The average molecular weight is 471 g/mol. The van der Waals surface area contributed by atoms with Crippen LogP contribution in [-0.2, 0) is 14.6 Å². The number of carbonyl (C=O) groups is 1. The molecule has 0 unspecified atom stereocenters. The maximum atomic E-state index is 12.7. The molecule has 0 aliphatic carbocycles. The van der Waals surface area contributed by atoms with Gasteiger partial charge in [0.15, 0.2) is 15.0 Å². The number of nitrogens with one attached hydrogen (secondary N) is 1. The number of benzene rings is 2. The number of ether oxygens (including phenoxy) is 1. The van der Waals surface area contributed by atoms with Crippen molar-refractivity contribution in [3.8, 4) is 5.75 Å². The Morgan fingerprint density at radius 1 is 1.22 bits per heavy atom. The smallest absolute Gasteiger partial charge is 0.250 e. The van der Waals surface area contributed by atoms with Crippen LogP contribution < -0.4 is 10.1 Å². The lowest BCUT2D eigenvalue weighted by Gasteiger charge is -2.09. The van der Waals surface area contributed by atoms with Crippen LogP contribution in [0, 0.1) is 13.8 Å². The Balaban J connectivity index is 1.63. The highest BCUT2D eigenvalue weighted by molar-refractivity contribution is 7.90. The first-order valence-corrected chi connectivity index (χ1v) is 12.5. The Bertz CT molecular complexity index is 1510. The zero-order valence-corrected chi connectivity index (χ0v) is 19.9. The molecule has 0 bridgehead atoms. The number of fused-ring (bicyclic) bond motifs is 2. The van der Waals surface area contributed by atoms with Gasteiger partial charge < -0.3 is 9.15 Å². The molecule has 0 saturated carbocycles. The maximum Gasteiger partial charge on any atom is 0.250 e. The lowest BCUT2D eigenvalue weighted by atomic mass is 10.0. The third kappa shape index (κ3) is 4.13. The molecule has 166 valence electrons. The molecule has 0 saturated heterocycles. The molecule has 7 nitrogen and oxygen atoms in total. The number of aryl methyl sites for hydroxylation is 2. The van der Waals surface area contributed by atoms with Crippen molar-refractivity contribution >= 4 is 59.0 Å². The van der Waals surface area contributed by atoms with Crippen molar-refractivity contribution in [1.82, 2.24) is 4.98 Å². The molecule has 0 spiro atoms. The van der Waals surface area contributed by atoms with Crippen LogP contribution in [0.4, 0.5) is 5.13 Å². The molecule has 1 amide bonds. The van der Waals surface area contributed by atoms with E-state index in [4.69, 9.17) is 9.15 Å². The average Bonchev–Trinajstić information content (AvgIpc) is 3.24. The number of sulfone groups is 1. The zero-order chi connectivity index (χ0) is 23.2. The predicted molar refractivity (Wildman–Crippen MR) is 127 cm³/mol. The fraction of sp³-hybridized carbons (Fsp3) is 0.217. The van der Waals surface area contributed by atoms with E-state index >= 15 is 0 Å². The van der Waals surface area contributed by atoms with E-state index in [9.17, 15) is 13.2 Å². The molecule has 4 aromatic rings. The van der Waals surface area contributed by atoms with Gasteiger partial charge in [0.05, 0.1) is 22.2 Å². The summed E-state index contributed by atoms with van der Waals surface area (Å²) < 4.78 is 35.5. The summed E-state index contributed by atoms with van der Waals surface area (Å²) in [6, 6.07) is 8.49. The minimum atomic E-state index is -3.32. The minimum Gasteiger partial charge on any atom is -0.496 e. The van der Waals surface area contributed by atoms with Crippen LogP contribution in [0.5, 0.6) is 5.75 Å². The van der Waals surface area contributed by atoms with E-state index < -0.39 is 9.84 Å². The third-order valence-corrected chi connectivity index (χ3v) is 7.33. The van der Waals surface area contributed by atoms with Crippen LogP contribution in [0.25, 0.3) is 26.8 Å². The Morgan fingerprint density at radius 2 is 1.97 bits per heavy atom. The van der Waals surface area contributed by atoms with Crippen LogP contribution >= 0.6 is 11.3 Å². The Morgan fingerprint density at radius 3 is 2.66 bits per heavy atom. The van der Waals surface area contributed by atoms with Gasteiger partial charge in [0.25, 0.3) is 0 Å². The highest BCUT2D eigenvalue weighted by Gasteiger charge is 2.15. The number of hydrogen-bond donors (Lipinski definition) is 1. The van der Waals surface area contributed by atoms with Crippen molar-refractivity contribution in [1.29, 1.82) is 0 Å². The number of anilines is 1. The first-order valence-electron chi connectivity index (χ1n) is 9.75. The zero-order valence-electron chi connectivity index (χ0n) is 18.3. The molecule has 4 rings (SSSR count). The number of carbonyl (C=O) groups excluding carboxylic acids is 1. The van der Waals surface area contributed by atoms with Gasteiger partial charge in [-0.1, -0.05) is 11.3 Å². The van der Waals surface area contributed by atoms with Gasteiger partial charge in [-0.2, -0.15) is 0 Å². The van der Waals surface area contributed by atoms with Gasteiger partial charge in [-0.15, -0.1) is 0 Å². The standard InChI is InChI=1S/C23H22N2O5S2/c1-12(16-10-17-13(2)14(3)30-20(17)11-19(16)29-4)8-22(26)25-23-24-18-7-6-15(32(5,27)28)9-21(18)31-23/h6-11H,1-5H3,(H,24,25,26)/b12-8+. The Labute approximate surface area is 189 Å². The summed E-state index contributed by atoms with van der Waals surface area (Å²) in [4.78, 5) is 17.2. The minimum absolute atomic E-state index is 0.217. The number of hydrogen-bond acceptors (Lipinski definition) is 7. The summed E-state index contributed by atoms with van der Waals surface area (Å²) >= 11 is 1.22. The number of methoxy groups -OCH3 is 1. The van der Waals surface area contributed by atoms with Gasteiger partial charge in [-0.25, -0.2) is 13.4 Å².